The summed E-state index contributed by atoms with van der Waals surface area (Å²) < 4.78 is 0. The van der Waals surface area contributed by atoms with E-state index < -0.39 is 12.0 Å². The maximum absolute atomic E-state index is 10.3. The number of aryl methyl sites for hydroxylation is 1. The minimum Gasteiger partial charge on any atom is -0.548 e. The summed E-state index contributed by atoms with van der Waals surface area (Å²) in [5, 5.41) is 10.3. The number of hydrogen-bond donors (Lipinski definition) is 1. The lowest BCUT2D eigenvalue weighted by Crippen LogP contribution is -2.42. The lowest BCUT2D eigenvalue weighted by molar-refractivity contribution is -0.307. The van der Waals surface area contributed by atoms with Crippen LogP contribution in [0.2, 0.25) is 0 Å². The van der Waals surface area contributed by atoms with Crippen LogP contribution in [0.15, 0.2) is 30.3 Å². The van der Waals surface area contributed by atoms with Crippen molar-refractivity contribution in [3.8, 4) is 0 Å². The maximum atomic E-state index is 10.3. The highest BCUT2D eigenvalue weighted by atomic mass is 35.5. The number of halogens is 1. The van der Waals surface area contributed by atoms with Crippen LogP contribution in [0, 0.1) is 0 Å². The van der Waals surface area contributed by atoms with Crippen molar-refractivity contribution in [3.05, 3.63) is 35.9 Å². The molecule has 1 unspecified atom stereocenters. The zero-order valence-electron chi connectivity index (χ0n) is 7.68. The van der Waals surface area contributed by atoms with E-state index >= 15 is 0 Å². The van der Waals surface area contributed by atoms with Crippen LogP contribution in [0.5, 0.6) is 0 Å². The van der Waals surface area contributed by atoms with Crippen LogP contribution in [-0.2, 0) is 11.2 Å². The van der Waals surface area contributed by atoms with Gasteiger partial charge in [-0.1, -0.05) is 30.3 Å². The zero-order valence-corrected chi connectivity index (χ0v) is 8.50. The number of carbonyl (C=O) groups excluding carboxylic acids is 1. The van der Waals surface area contributed by atoms with Gasteiger partial charge in [-0.05, 0) is 18.4 Å². The van der Waals surface area contributed by atoms with E-state index in [2.05, 4.69) is 0 Å². The highest BCUT2D eigenvalue weighted by Gasteiger charge is 2.02. The lowest BCUT2D eigenvalue weighted by Gasteiger charge is -2.11. The molecule has 0 radical (unpaired) electrons. The van der Waals surface area contributed by atoms with Gasteiger partial charge >= 0.3 is 0 Å². The second-order valence-electron chi connectivity index (χ2n) is 2.95. The first-order valence-electron chi connectivity index (χ1n) is 4.20. The average molecular weight is 215 g/mol. The van der Waals surface area contributed by atoms with Gasteiger partial charge < -0.3 is 15.6 Å². The number of rotatable bonds is 4. The summed E-state index contributed by atoms with van der Waals surface area (Å²) in [5.74, 6) is -1.18. The number of nitrogens with two attached hydrogens (primary N) is 1. The second kappa shape index (κ2) is 6.40. The summed E-state index contributed by atoms with van der Waals surface area (Å²) in [6.45, 7) is 0. The maximum Gasteiger partial charge on any atom is 0.0582 e. The highest BCUT2D eigenvalue weighted by Crippen LogP contribution is 2.03. The van der Waals surface area contributed by atoms with E-state index in [4.69, 9.17) is 5.73 Å². The van der Waals surface area contributed by atoms with Gasteiger partial charge in [0.05, 0.1) is 5.97 Å². The number of carbonyl (C=O) groups is 1. The van der Waals surface area contributed by atoms with Gasteiger partial charge in [-0.15, -0.1) is 12.4 Å². The van der Waals surface area contributed by atoms with E-state index in [1.54, 1.807) is 0 Å². The van der Waals surface area contributed by atoms with E-state index in [-0.39, 0.29) is 12.4 Å². The molecule has 4 heteroatoms. The summed E-state index contributed by atoms with van der Waals surface area (Å²) in [7, 11) is 0. The molecule has 14 heavy (non-hydrogen) atoms. The topological polar surface area (TPSA) is 66.2 Å². The number of carboxylic acids is 1. The number of aliphatic carboxylic acids is 1. The van der Waals surface area contributed by atoms with Crippen LogP contribution in [0.25, 0.3) is 0 Å². The zero-order chi connectivity index (χ0) is 9.68. The molecule has 2 N–H and O–H groups in total. The molecule has 0 bridgehead atoms. The standard InChI is InChI=1S/C10H13NO2.ClH/c11-9(10(12)13)7-6-8-4-2-1-3-5-8;/h1-5,9H,6-7,11H2,(H,12,13);1H/p-1. The number of carboxylic acid groups (broad SMARTS) is 1. The van der Waals surface area contributed by atoms with Gasteiger partial charge in [0.15, 0.2) is 0 Å². The van der Waals surface area contributed by atoms with Crippen molar-refractivity contribution in [2.45, 2.75) is 18.9 Å². The monoisotopic (exact) mass is 214 g/mol. The molecule has 3 nitrogen and oxygen atoms in total. The Morgan fingerprint density at radius 3 is 2.43 bits per heavy atom. The first-order chi connectivity index (χ1) is 6.20. The molecule has 0 saturated heterocycles. The lowest BCUT2D eigenvalue weighted by atomic mass is 10.1. The van der Waals surface area contributed by atoms with Crippen molar-refractivity contribution in [1.82, 2.24) is 0 Å². The molecule has 1 aromatic rings. The van der Waals surface area contributed by atoms with Crippen LogP contribution in [-0.4, -0.2) is 12.0 Å². The predicted octanol–water partition coefficient (Wildman–Crippen LogP) is 0.118. The van der Waals surface area contributed by atoms with E-state index in [0.717, 1.165) is 5.56 Å². The summed E-state index contributed by atoms with van der Waals surface area (Å²) in [5.41, 5.74) is 6.40. The Morgan fingerprint density at radius 1 is 1.36 bits per heavy atom. The summed E-state index contributed by atoms with van der Waals surface area (Å²) in [6, 6.07) is 8.78. The summed E-state index contributed by atoms with van der Waals surface area (Å²) >= 11 is 0. The fourth-order valence-electron chi connectivity index (χ4n) is 1.08. The minimum atomic E-state index is -1.18. The van der Waals surface area contributed by atoms with Crippen molar-refractivity contribution in [2.75, 3.05) is 0 Å². The molecule has 0 aliphatic heterocycles. The molecule has 78 valence electrons. The van der Waals surface area contributed by atoms with Gasteiger partial charge in [-0.3, -0.25) is 0 Å². The van der Waals surface area contributed by atoms with Gasteiger partial charge in [0.1, 0.15) is 0 Å². The average Bonchev–Trinajstić information content (AvgIpc) is 2.15. The Labute approximate surface area is 89.3 Å². The van der Waals surface area contributed by atoms with Crippen molar-refractivity contribution in [1.29, 1.82) is 0 Å². The molecule has 0 amide bonds. The summed E-state index contributed by atoms with van der Waals surface area (Å²) in [4.78, 5) is 10.3. The van der Waals surface area contributed by atoms with E-state index in [9.17, 15) is 9.90 Å². The molecular weight excluding hydrogens is 202 g/mol. The minimum absolute atomic E-state index is 0. The number of benzene rings is 1. The third kappa shape index (κ3) is 4.25. The van der Waals surface area contributed by atoms with Crippen molar-refractivity contribution < 1.29 is 9.90 Å². The smallest absolute Gasteiger partial charge is 0.0582 e. The van der Waals surface area contributed by atoms with Crippen LogP contribution in [0.3, 0.4) is 0 Å². The quantitative estimate of drug-likeness (QED) is 0.774. The van der Waals surface area contributed by atoms with Crippen LogP contribution >= 0.6 is 12.4 Å². The van der Waals surface area contributed by atoms with Gasteiger partial charge in [0, 0.05) is 6.04 Å². The van der Waals surface area contributed by atoms with Gasteiger partial charge in [0.25, 0.3) is 0 Å². The van der Waals surface area contributed by atoms with Crippen LogP contribution in [0.4, 0.5) is 0 Å². The Morgan fingerprint density at radius 2 is 1.93 bits per heavy atom. The molecule has 1 aromatic carbocycles. The Bertz CT molecular complexity index is 277. The molecule has 0 heterocycles. The molecule has 1 rings (SSSR count). The number of hydrogen-bond acceptors (Lipinski definition) is 3. The normalized spacial score (nSPS) is 11.5. The van der Waals surface area contributed by atoms with Crippen LogP contribution in [0.1, 0.15) is 12.0 Å². The Hall–Kier alpha value is -1.06. The summed E-state index contributed by atoms with van der Waals surface area (Å²) in [6.07, 6.45) is 1.10. The first-order valence-corrected chi connectivity index (χ1v) is 4.20. The molecule has 0 spiro atoms. The Kier molecular flexibility index (Phi) is 5.92. The third-order valence-electron chi connectivity index (χ3n) is 1.89. The molecule has 1 atom stereocenters. The second-order valence-corrected chi connectivity index (χ2v) is 2.95. The predicted molar refractivity (Wildman–Crippen MR) is 55.0 cm³/mol. The largest absolute Gasteiger partial charge is 0.548 e. The first kappa shape index (κ1) is 12.9. The fourth-order valence-corrected chi connectivity index (χ4v) is 1.08. The van der Waals surface area contributed by atoms with Crippen molar-refractivity contribution in [3.63, 3.8) is 0 Å². The van der Waals surface area contributed by atoms with Crippen LogP contribution < -0.4 is 10.8 Å². The van der Waals surface area contributed by atoms with Gasteiger partial charge in [0.2, 0.25) is 0 Å². The molecule has 0 saturated carbocycles. The van der Waals surface area contributed by atoms with E-state index in [1.807, 2.05) is 30.3 Å². The molecule has 0 aliphatic rings. The molecular formula is C10H13ClNO2-. The molecule has 0 aromatic heterocycles. The van der Waals surface area contributed by atoms with E-state index in [1.165, 1.54) is 0 Å². The molecule has 0 aliphatic carbocycles. The van der Waals surface area contributed by atoms with Crippen molar-refractivity contribution in [2.24, 2.45) is 5.73 Å². The van der Waals surface area contributed by atoms with Crippen molar-refractivity contribution >= 4 is 18.4 Å². The van der Waals surface area contributed by atoms with Gasteiger partial charge in [-0.2, -0.15) is 0 Å². The van der Waals surface area contributed by atoms with Gasteiger partial charge in [-0.25, -0.2) is 0 Å². The third-order valence-corrected chi connectivity index (χ3v) is 1.89. The fraction of sp³-hybridized carbons (Fsp3) is 0.300. The Balaban J connectivity index is 0.00000169. The SMILES string of the molecule is Cl.NC(CCc1ccccc1)C(=O)[O-]. The highest BCUT2D eigenvalue weighted by molar-refractivity contribution is 5.85. The molecule has 0 fully saturated rings. The van der Waals surface area contributed by atoms with E-state index in [0.29, 0.717) is 12.8 Å².